The number of para-hydroxylation sites is 1. The van der Waals surface area contributed by atoms with Crippen LogP contribution in [0.3, 0.4) is 0 Å². The van der Waals surface area contributed by atoms with E-state index in [9.17, 15) is 18.0 Å². The van der Waals surface area contributed by atoms with Gasteiger partial charge in [-0.3, -0.25) is 0 Å². The molecule has 0 bridgehead atoms. The zero-order valence-corrected chi connectivity index (χ0v) is 25.7. The fraction of sp³-hybridized carbons (Fsp3) is 0.333. The van der Waals surface area contributed by atoms with Crippen LogP contribution in [0, 0.1) is 0 Å². The van der Waals surface area contributed by atoms with Crippen LogP contribution in [0.2, 0.25) is 0 Å². The lowest BCUT2D eigenvalue weighted by atomic mass is 10.1. The van der Waals surface area contributed by atoms with Crippen LogP contribution in [0.5, 0.6) is 0 Å². The molecular weight excluding hydrogens is 566 g/mol. The van der Waals surface area contributed by atoms with Gasteiger partial charge in [0.2, 0.25) is 10.0 Å². The van der Waals surface area contributed by atoms with Crippen molar-refractivity contribution >= 4 is 33.8 Å². The second-order valence-corrected chi connectivity index (χ2v) is 13.3. The summed E-state index contributed by atoms with van der Waals surface area (Å²) in [5, 5.41) is 8.90. The number of sulfonamides is 1. The van der Waals surface area contributed by atoms with Crippen LogP contribution in [0.25, 0.3) is 6.08 Å². The average molecular weight is 606 g/mol. The van der Waals surface area contributed by atoms with Gasteiger partial charge in [0.15, 0.2) is 0 Å². The number of carboxylic acid groups (broad SMARTS) is 1. The molecule has 10 heteroatoms. The van der Waals surface area contributed by atoms with E-state index in [1.165, 1.54) is 22.5 Å². The minimum atomic E-state index is -3.90. The molecule has 0 aromatic heterocycles. The molecule has 0 radical (unpaired) electrons. The van der Waals surface area contributed by atoms with Crippen LogP contribution in [-0.2, 0) is 32.5 Å². The molecular formula is C33H39N3O6S. The highest BCUT2D eigenvalue weighted by Gasteiger charge is 2.29. The minimum Gasteiger partial charge on any atom is -0.478 e. The quantitative estimate of drug-likeness (QED) is 0.314. The summed E-state index contributed by atoms with van der Waals surface area (Å²) in [7, 11) is -3.90. The lowest BCUT2D eigenvalue weighted by molar-refractivity contribution is -0.131. The molecule has 0 unspecified atom stereocenters. The van der Waals surface area contributed by atoms with E-state index in [0.717, 1.165) is 22.9 Å². The zero-order chi connectivity index (χ0) is 31.0. The first-order valence-corrected chi connectivity index (χ1v) is 15.7. The number of carboxylic acids is 1. The summed E-state index contributed by atoms with van der Waals surface area (Å²) in [6, 6.07) is 23.7. The summed E-state index contributed by atoms with van der Waals surface area (Å²) in [6.45, 7) is 8.17. The Morgan fingerprint density at radius 2 is 1.53 bits per heavy atom. The fourth-order valence-electron chi connectivity index (χ4n) is 4.85. The van der Waals surface area contributed by atoms with Crippen molar-refractivity contribution in [2.24, 2.45) is 0 Å². The molecule has 9 nitrogen and oxygen atoms in total. The minimum absolute atomic E-state index is 0.136. The maximum absolute atomic E-state index is 14.0. The van der Waals surface area contributed by atoms with E-state index in [1.54, 1.807) is 17.0 Å². The SMILES string of the molecule is CC(C)(C)OC(=O)N1CCN(c2ccccc2CN(CCc2ccccc2)S(=O)(=O)c2ccc(C=CC(=O)O)cc2)CC1. The summed E-state index contributed by atoms with van der Waals surface area (Å²) in [6.07, 6.45) is 2.64. The number of benzene rings is 3. The van der Waals surface area contributed by atoms with E-state index in [-0.39, 0.29) is 24.1 Å². The Bertz CT molecular complexity index is 1520. The smallest absolute Gasteiger partial charge is 0.410 e. The van der Waals surface area contributed by atoms with Crippen LogP contribution in [0.4, 0.5) is 10.5 Å². The highest BCUT2D eigenvalue weighted by molar-refractivity contribution is 7.89. The molecule has 0 saturated carbocycles. The van der Waals surface area contributed by atoms with Gasteiger partial charge in [-0.15, -0.1) is 0 Å². The predicted octanol–water partition coefficient (Wildman–Crippen LogP) is 5.28. The summed E-state index contributed by atoms with van der Waals surface area (Å²) in [4.78, 5) is 27.5. The third-order valence-corrected chi connectivity index (χ3v) is 8.90. The first kappa shape index (κ1) is 31.8. The average Bonchev–Trinajstić information content (AvgIpc) is 2.98. The summed E-state index contributed by atoms with van der Waals surface area (Å²) < 4.78 is 35.0. The number of amides is 1. The standard InChI is InChI=1S/C33H39N3O6S/c1-33(2,3)42-32(39)35-23-21-34(22-24-35)30-12-8-7-11-28(30)25-36(20-19-26-9-5-4-6-10-26)43(40,41)29-16-13-27(14-17-29)15-18-31(37)38/h4-18H,19-25H2,1-3H3,(H,37,38). The normalized spacial score (nSPS) is 14.3. The lowest BCUT2D eigenvalue weighted by Crippen LogP contribution is -2.50. The van der Waals surface area contributed by atoms with Gasteiger partial charge in [0, 0.05) is 51.0 Å². The van der Waals surface area contributed by atoms with Crippen molar-refractivity contribution in [2.75, 3.05) is 37.6 Å². The van der Waals surface area contributed by atoms with Crippen molar-refractivity contribution in [1.29, 1.82) is 0 Å². The van der Waals surface area contributed by atoms with Crippen LogP contribution in [-0.4, -0.2) is 73.1 Å². The zero-order valence-electron chi connectivity index (χ0n) is 24.8. The van der Waals surface area contributed by atoms with Gasteiger partial charge in [-0.25, -0.2) is 18.0 Å². The van der Waals surface area contributed by atoms with Gasteiger partial charge in [0.25, 0.3) is 0 Å². The summed E-state index contributed by atoms with van der Waals surface area (Å²) >= 11 is 0. The van der Waals surface area contributed by atoms with E-state index < -0.39 is 21.6 Å². The molecule has 228 valence electrons. The maximum atomic E-state index is 14.0. The van der Waals surface area contributed by atoms with Crippen molar-refractivity contribution in [3.8, 4) is 0 Å². The number of hydrogen-bond acceptors (Lipinski definition) is 6. The van der Waals surface area contributed by atoms with E-state index in [4.69, 9.17) is 9.84 Å². The van der Waals surface area contributed by atoms with Crippen molar-refractivity contribution in [3.63, 3.8) is 0 Å². The van der Waals surface area contributed by atoms with E-state index in [0.29, 0.717) is 38.2 Å². The molecule has 0 atom stereocenters. The topological polar surface area (TPSA) is 107 Å². The van der Waals surface area contributed by atoms with Crippen LogP contribution in [0.15, 0.2) is 89.8 Å². The second kappa shape index (κ2) is 13.9. The first-order valence-electron chi connectivity index (χ1n) is 14.3. The van der Waals surface area contributed by atoms with Crippen LogP contribution in [0.1, 0.15) is 37.5 Å². The van der Waals surface area contributed by atoms with Crippen molar-refractivity contribution in [1.82, 2.24) is 9.21 Å². The van der Waals surface area contributed by atoms with Gasteiger partial charge in [-0.1, -0.05) is 60.7 Å². The predicted molar refractivity (Wildman–Crippen MR) is 167 cm³/mol. The first-order chi connectivity index (χ1) is 20.4. The number of nitrogens with zero attached hydrogens (tertiary/aromatic N) is 3. The number of hydrogen-bond donors (Lipinski definition) is 1. The summed E-state index contributed by atoms with van der Waals surface area (Å²) in [5.41, 5.74) is 2.85. The molecule has 43 heavy (non-hydrogen) atoms. The second-order valence-electron chi connectivity index (χ2n) is 11.4. The molecule has 3 aromatic rings. The highest BCUT2D eigenvalue weighted by Crippen LogP contribution is 2.27. The van der Waals surface area contributed by atoms with Crippen molar-refractivity contribution in [2.45, 2.75) is 44.2 Å². The van der Waals surface area contributed by atoms with E-state index >= 15 is 0 Å². The Morgan fingerprint density at radius 3 is 2.16 bits per heavy atom. The maximum Gasteiger partial charge on any atom is 0.410 e. The number of rotatable bonds is 10. The van der Waals surface area contributed by atoms with Crippen molar-refractivity contribution in [3.05, 3.63) is 102 Å². The molecule has 1 N–H and O–H groups in total. The number of carbonyl (C=O) groups is 2. The monoisotopic (exact) mass is 605 g/mol. The van der Waals surface area contributed by atoms with E-state index in [1.807, 2.05) is 75.4 Å². The number of piperazine rings is 1. The summed E-state index contributed by atoms with van der Waals surface area (Å²) in [5.74, 6) is -1.08. The van der Waals surface area contributed by atoms with Crippen molar-refractivity contribution < 1.29 is 27.9 Å². The molecule has 1 aliphatic heterocycles. The molecule has 1 saturated heterocycles. The van der Waals surface area contributed by atoms with Gasteiger partial charge in [0.05, 0.1) is 4.90 Å². The molecule has 4 rings (SSSR count). The van der Waals surface area contributed by atoms with Gasteiger partial charge in [-0.05, 0) is 68.2 Å². The number of aliphatic carboxylic acids is 1. The van der Waals surface area contributed by atoms with E-state index in [2.05, 4.69) is 4.90 Å². The number of carbonyl (C=O) groups excluding carboxylic acids is 1. The molecule has 1 heterocycles. The van der Waals surface area contributed by atoms with Gasteiger partial charge in [0.1, 0.15) is 5.60 Å². The van der Waals surface area contributed by atoms with Crippen LogP contribution >= 0.6 is 0 Å². The largest absolute Gasteiger partial charge is 0.478 e. The highest BCUT2D eigenvalue weighted by atomic mass is 32.2. The Morgan fingerprint density at radius 1 is 0.907 bits per heavy atom. The third-order valence-electron chi connectivity index (χ3n) is 7.04. The van der Waals surface area contributed by atoms with Gasteiger partial charge >= 0.3 is 12.1 Å². The Hall–Kier alpha value is -4.15. The molecule has 1 amide bonds. The molecule has 0 aliphatic carbocycles. The molecule has 0 spiro atoms. The number of anilines is 1. The van der Waals surface area contributed by atoms with Gasteiger partial charge in [-0.2, -0.15) is 4.31 Å². The Labute approximate surface area is 254 Å². The Kier molecular flexibility index (Phi) is 10.3. The third kappa shape index (κ3) is 8.92. The molecule has 1 fully saturated rings. The van der Waals surface area contributed by atoms with Gasteiger partial charge < -0.3 is 19.6 Å². The lowest BCUT2D eigenvalue weighted by Gasteiger charge is -2.38. The molecule has 3 aromatic carbocycles. The molecule has 1 aliphatic rings. The van der Waals surface area contributed by atoms with Crippen LogP contribution < -0.4 is 4.90 Å². The Balaban J connectivity index is 1.56. The number of ether oxygens (including phenoxy) is 1. The fourth-order valence-corrected chi connectivity index (χ4v) is 6.27.